The Balaban J connectivity index is 0.000000138. The van der Waals surface area contributed by atoms with Gasteiger partial charge in [0.15, 0.2) is 0 Å². The van der Waals surface area contributed by atoms with E-state index in [0.29, 0.717) is 0 Å². The molecule has 10 saturated carbocycles. The summed E-state index contributed by atoms with van der Waals surface area (Å²) in [4.78, 5) is 0. The van der Waals surface area contributed by atoms with Crippen LogP contribution in [0.1, 0.15) is 298 Å². The lowest BCUT2D eigenvalue weighted by Gasteiger charge is -2.40. The lowest BCUT2D eigenvalue weighted by Crippen LogP contribution is -2.29. The van der Waals surface area contributed by atoms with Crippen LogP contribution in [0.3, 0.4) is 0 Å². The molecule has 0 aromatic rings. The summed E-state index contributed by atoms with van der Waals surface area (Å²) in [6, 6.07) is 0. The van der Waals surface area contributed by atoms with Gasteiger partial charge >= 0.3 is 0 Å². The molecule has 0 unspecified atom stereocenters. The van der Waals surface area contributed by atoms with Gasteiger partial charge in [-0.05, 0) is 172 Å². The van der Waals surface area contributed by atoms with Crippen molar-refractivity contribution >= 4 is 0 Å². The van der Waals surface area contributed by atoms with Crippen molar-refractivity contribution in [2.45, 2.75) is 298 Å². The molecule has 10 fully saturated rings. The summed E-state index contributed by atoms with van der Waals surface area (Å²) in [5.74, 6) is 17.4. The van der Waals surface area contributed by atoms with Crippen molar-refractivity contribution in [1.82, 2.24) is 0 Å². The molecule has 10 aliphatic carbocycles. The van der Waals surface area contributed by atoms with Crippen LogP contribution in [-0.2, 0) is 0 Å². The van der Waals surface area contributed by atoms with E-state index in [9.17, 15) is 0 Å². The van der Waals surface area contributed by atoms with E-state index in [1.807, 2.05) is 0 Å². The molecule has 0 aromatic heterocycles. The number of hydrogen-bond donors (Lipinski definition) is 0. The minimum absolute atomic E-state index is 0.930. The fourth-order valence-corrected chi connectivity index (χ4v) is 16.7. The van der Waals surface area contributed by atoms with E-state index < -0.39 is 0 Å². The normalized spacial score (nSPS) is 35.8. The van der Waals surface area contributed by atoms with Crippen LogP contribution in [0.4, 0.5) is 0 Å². The zero-order chi connectivity index (χ0) is 43.5. The molecule has 0 radical (unpaired) electrons. The second kappa shape index (κ2) is 28.4. The van der Waals surface area contributed by atoms with E-state index >= 15 is 0 Å². The maximum Gasteiger partial charge on any atom is -0.0386 e. The van der Waals surface area contributed by atoms with Gasteiger partial charge in [0.25, 0.3) is 0 Å². The minimum atomic E-state index is 0.930. The largest absolute Gasteiger partial charge is 0.0625 e. The molecule has 0 N–H and O–H groups in total. The van der Waals surface area contributed by atoms with Gasteiger partial charge in [-0.2, -0.15) is 0 Å². The third kappa shape index (κ3) is 17.3. The molecule has 0 atom stereocenters. The van der Waals surface area contributed by atoms with Crippen molar-refractivity contribution in [1.29, 1.82) is 0 Å². The molecule has 10 aliphatic rings. The smallest absolute Gasteiger partial charge is 0.0386 e. The first-order valence-corrected chi connectivity index (χ1v) is 30.2. The fraction of sp³-hybridized carbons (Fsp3) is 1.00. The van der Waals surface area contributed by atoms with E-state index in [0.717, 1.165) is 94.7 Å². The third-order valence-electron chi connectivity index (χ3n) is 21.4. The molecular formula is C62H114. The van der Waals surface area contributed by atoms with Crippen molar-refractivity contribution in [3.8, 4) is 0 Å². The molecule has 0 spiro atoms. The topological polar surface area (TPSA) is 0 Å². The predicted octanol–water partition coefficient (Wildman–Crippen LogP) is 20.7. The van der Waals surface area contributed by atoms with Gasteiger partial charge in [-0.25, -0.2) is 0 Å². The number of hydrogen-bond acceptors (Lipinski definition) is 0. The summed E-state index contributed by atoms with van der Waals surface area (Å²) in [5.41, 5.74) is 0. The second-order valence-corrected chi connectivity index (χ2v) is 26.1. The van der Waals surface area contributed by atoms with Crippen molar-refractivity contribution in [3.05, 3.63) is 0 Å². The Kier molecular flexibility index (Phi) is 23.5. The summed E-state index contributed by atoms with van der Waals surface area (Å²) in [6.07, 6.45) is 61.7. The molecule has 0 nitrogen and oxygen atoms in total. The average Bonchev–Trinajstić information content (AvgIpc) is 4.17. The summed E-state index contributed by atoms with van der Waals surface area (Å²) >= 11 is 0. The second-order valence-electron chi connectivity index (χ2n) is 26.1. The Labute approximate surface area is 391 Å². The summed E-state index contributed by atoms with van der Waals surface area (Å²) < 4.78 is 0. The SMILES string of the molecule is C1CCC(C2CCC(C3CCC(C4CCCC4)CC3)CC2)C1.C1CCC(C2CCCC2)C1.CC(C)C1CCC(C2CCCC2)CC1.CC(C)C1CCCC1.CC1CCC(C)CC1. The standard InChI is InChI=1S/C22H38.C14H26.C10H18.2C8H16/c1-2-6-17(5-1)19-9-13-21(14-10-19)22-15-11-20(12-16-22)18-7-3-4-8-18;1-11(2)12-7-9-14(10-8-12)13-5-3-4-6-13;1-2-6-9(5-1)10-7-3-4-8-10;1-7-3-5-8(2)6-4-7;1-7(2)8-5-3-4-6-8/h17-22H,1-16H2;11-14H,3-10H2,1-2H3;9-10H,1-8H2;2*7-8H,3-6H2,1-2H3. The van der Waals surface area contributed by atoms with Crippen molar-refractivity contribution in [3.63, 3.8) is 0 Å². The van der Waals surface area contributed by atoms with Gasteiger partial charge in [0.2, 0.25) is 0 Å². The fourth-order valence-electron chi connectivity index (χ4n) is 16.7. The molecule has 10 rings (SSSR count). The van der Waals surface area contributed by atoms with Crippen LogP contribution >= 0.6 is 0 Å². The maximum absolute atomic E-state index is 2.40. The predicted molar refractivity (Wildman–Crippen MR) is 275 cm³/mol. The highest BCUT2D eigenvalue weighted by atomic mass is 14.4. The van der Waals surface area contributed by atoms with Crippen LogP contribution in [0.25, 0.3) is 0 Å². The maximum atomic E-state index is 2.40. The molecule has 362 valence electrons. The Morgan fingerprint density at radius 1 is 0.194 bits per heavy atom. The van der Waals surface area contributed by atoms with Crippen molar-refractivity contribution in [2.24, 2.45) is 94.7 Å². The molecule has 0 aliphatic heterocycles. The van der Waals surface area contributed by atoms with Crippen LogP contribution in [0.15, 0.2) is 0 Å². The van der Waals surface area contributed by atoms with Crippen LogP contribution in [0.2, 0.25) is 0 Å². The lowest BCUT2D eigenvalue weighted by atomic mass is 9.66. The van der Waals surface area contributed by atoms with Gasteiger partial charge in [-0.1, -0.05) is 221 Å². The number of rotatable bonds is 7. The summed E-state index contributed by atoms with van der Waals surface area (Å²) in [5, 5.41) is 0. The van der Waals surface area contributed by atoms with Crippen molar-refractivity contribution in [2.75, 3.05) is 0 Å². The highest BCUT2D eigenvalue weighted by Gasteiger charge is 2.36. The Bertz CT molecular complexity index is 1010. The van der Waals surface area contributed by atoms with E-state index in [4.69, 9.17) is 0 Å². The van der Waals surface area contributed by atoms with Gasteiger partial charge < -0.3 is 0 Å². The first-order valence-electron chi connectivity index (χ1n) is 30.2. The zero-order valence-corrected chi connectivity index (χ0v) is 43.5. The molecule has 62 heavy (non-hydrogen) atoms. The molecule has 0 saturated heterocycles. The molecule has 0 bridgehead atoms. The van der Waals surface area contributed by atoms with Gasteiger partial charge in [0.1, 0.15) is 0 Å². The van der Waals surface area contributed by atoms with Crippen LogP contribution in [0.5, 0.6) is 0 Å². The van der Waals surface area contributed by atoms with Crippen molar-refractivity contribution < 1.29 is 0 Å². The highest BCUT2D eigenvalue weighted by molar-refractivity contribution is 4.88. The minimum Gasteiger partial charge on any atom is -0.0625 e. The van der Waals surface area contributed by atoms with Gasteiger partial charge in [-0.15, -0.1) is 0 Å². The first kappa shape index (κ1) is 51.4. The van der Waals surface area contributed by atoms with Crippen LogP contribution < -0.4 is 0 Å². The van der Waals surface area contributed by atoms with Crippen LogP contribution in [0, 0.1) is 94.7 Å². The molecule has 0 aromatic carbocycles. The Hall–Kier alpha value is 0. The molecule has 0 amide bonds. The highest BCUT2D eigenvalue weighted by Crippen LogP contribution is 2.48. The zero-order valence-electron chi connectivity index (χ0n) is 43.5. The molecule has 0 heteroatoms. The van der Waals surface area contributed by atoms with Gasteiger partial charge in [0.05, 0.1) is 0 Å². The van der Waals surface area contributed by atoms with Gasteiger partial charge in [0, 0.05) is 0 Å². The first-order chi connectivity index (χ1) is 30.2. The van der Waals surface area contributed by atoms with E-state index in [2.05, 4.69) is 41.5 Å². The van der Waals surface area contributed by atoms with E-state index in [1.165, 1.54) is 128 Å². The molecular weight excluding hydrogens is 745 g/mol. The quantitative estimate of drug-likeness (QED) is 0.239. The average molecular weight is 860 g/mol. The Morgan fingerprint density at radius 3 is 0.548 bits per heavy atom. The van der Waals surface area contributed by atoms with Crippen LogP contribution in [-0.4, -0.2) is 0 Å². The monoisotopic (exact) mass is 859 g/mol. The lowest BCUT2D eigenvalue weighted by molar-refractivity contribution is 0.112. The van der Waals surface area contributed by atoms with E-state index in [-0.39, 0.29) is 0 Å². The summed E-state index contributed by atoms with van der Waals surface area (Å²) in [6.45, 7) is 14.2. The Morgan fingerprint density at radius 2 is 0.355 bits per heavy atom. The summed E-state index contributed by atoms with van der Waals surface area (Å²) in [7, 11) is 0. The molecule has 0 heterocycles. The third-order valence-corrected chi connectivity index (χ3v) is 21.4. The van der Waals surface area contributed by atoms with Gasteiger partial charge in [-0.3, -0.25) is 0 Å². The van der Waals surface area contributed by atoms with E-state index in [1.54, 1.807) is 128 Å².